The number of hydrogen-bond acceptors (Lipinski definition) is 4. The third kappa shape index (κ3) is 3.04. The number of rotatable bonds is 3. The Hall–Kier alpha value is -0.940. The quantitative estimate of drug-likeness (QED) is 0.911. The van der Waals surface area contributed by atoms with Gasteiger partial charge in [0.1, 0.15) is 13.2 Å². The molecule has 110 valence electrons. The summed E-state index contributed by atoms with van der Waals surface area (Å²) in [6.07, 6.45) is 3.53. The van der Waals surface area contributed by atoms with E-state index in [1.54, 1.807) is 0 Å². The standard InChI is InChI=1S/C15H20BrNO3/c1-2-11-7-10(3-4-18-11)17-13-9-15-14(8-12(13)16)19-5-6-20-15/h8-11,17H,2-7H2,1H3. The molecule has 1 fully saturated rings. The average Bonchev–Trinajstić information content (AvgIpc) is 2.48. The van der Waals surface area contributed by atoms with Gasteiger partial charge in [-0.15, -0.1) is 0 Å². The van der Waals surface area contributed by atoms with Crippen LogP contribution >= 0.6 is 15.9 Å². The average molecular weight is 342 g/mol. The van der Waals surface area contributed by atoms with Crippen molar-refractivity contribution in [1.29, 1.82) is 0 Å². The van der Waals surface area contributed by atoms with Gasteiger partial charge in [-0.3, -0.25) is 0 Å². The topological polar surface area (TPSA) is 39.7 Å². The van der Waals surface area contributed by atoms with Gasteiger partial charge in [-0.1, -0.05) is 6.92 Å². The summed E-state index contributed by atoms with van der Waals surface area (Å²) in [7, 11) is 0. The predicted molar refractivity (Wildman–Crippen MR) is 81.8 cm³/mol. The summed E-state index contributed by atoms with van der Waals surface area (Å²) < 4.78 is 18.0. The number of nitrogens with one attached hydrogen (secondary N) is 1. The summed E-state index contributed by atoms with van der Waals surface area (Å²) in [4.78, 5) is 0. The fourth-order valence-electron chi connectivity index (χ4n) is 2.69. The summed E-state index contributed by atoms with van der Waals surface area (Å²) in [5.41, 5.74) is 1.07. The van der Waals surface area contributed by atoms with Gasteiger partial charge in [0, 0.05) is 29.3 Å². The molecule has 5 heteroatoms. The van der Waals surface area contributed by atoms with Crippen LogP contribution in [0.3, 0.4) is 0 Å². The fraction of sp³-hybridized carbons (Fsp3) is 0.600. The first-order valence-corrected chi connectivity index (χ1v) is 8.03. The smallest absolute Gasteiger partial charge is 0.163 e. The molecule has 1 saturated heterocycles. The Morgan fingerprint density at radius 3 is 2.70 bits per heavy atom. The van der Waals surface area contributed by atoms with Gasteiger partial charge in [0.25, 0.3) is 0 Å². The molecule has 4 nitrogen and oxygen atoms in total. The van der Waals surface area contributed by atoms with Crippen LogP contribution in [0.1, 0.15) is 26.2 Å². The number of anilines is 1. The summed E-state index contributed by atoms with van der Waals surface area (Å²) >= 11 is 3.61. The van der Waals surface area contributed by atoms with Gasteiger partial charge in [0.15, 0.2) is 11.5 Å². The predicted octanol–water partition coefficient (Wildman–Crippen LogP) is 3.59. The molecule has 2 heterocycles. The van der Waals surface area contributed by atoms with E-state index in [1.165, 1.54) is 0 Å². The van der Waals surface area contributed by atoms with Crippen LogP contribution in [0.2, 0.25) is 0 Å². The third-order valence-corrected chi connectivity index (χ3v) is 4.47. The van der Waals surface area contributed by atoms with Crippen LogP contribution in [0.4, 0.5) is 5.69 Å². The molecular weight excluding hydrogens is 322 g/mol. The Bertz CT molecular complexity index is 480. The molecule has 20 heavy (non-hydrogen) atoms. The van der Waals surface area contributed by atoms with Gasteiger partial charge >= 0.3 is 0 Å². The van der Waals surface area contributed by atoms with Gasteiger partial charge in [-0.2, -0.15) is 0 Å². The monoisotopic (exact) mass is 341 g/mol. The molecule has 0 aliphatic carbocycles. The minimum Gasteiger partial charge on any atom is -0.486 e. The number of hydrogen-bond donors (Lipinski definition) is 1. The Labute approximate surface area is 127 Å². The lowest BCUT2D eigenvalue weighted by atomic mass is 10.0. The molecule has 3 rings (SSSR count). The zero-order chi connectivity index (χ0) is 13.9. The first-order chi connectivity index (χ1) is 9.76. The van der Waals surface area contributed by atoms with Crippen molar-refractivity contribution in [2.24, 2.45) is 0 Å². The maximum Gasteiger partial charge on any atom is 0.163 e. The number of halogens is 1. The van der Waals surface area contributed by atoms with Crippen molar-refractivity contribution >= 4 is 21.6 Å². The zero-order valence-corrected chi connectivity index (χ0v) is 13.2. The SMILES string of the molecule is CCC1CC(Nc2cc3c(cc2Br)OCCO3)CCO1. The minimum absolute atomic E-state index is 0.372. The second-order valence-corrected chi connectivity index (χ2v) is 6.10. The number of ether oxygens (including phenoxy) is 3. The maximum atomic E-state index is 5.72. The number of fused-ring (bicyclic) bond motifs is 1. The van der Waals surface area contributed by atoms with E-state index in [0.29, 0.717) is 25.4 Å². The Morgan fingerprint density at radius 2 is 1.95 bits per heavy atom. The maximum absolute atomic E-state index is 5.72. The Kier molecular flexibility index (Phi) is 4.36. The van der Waals surface area contributed by atoms with Gasteiger partial charge in [0.2, 0.25) is 0 Å². The first kappa shape index (κ1) is 14.0. The molecule has 2 atom stereocenters. The highest BCUT2D eigenvalue weighted by Crippen LogP contribution is 2.38. The summed E-state index contributed by atoms with van der Waals surface area (Å²) in [5.74, 6) is 1.63. The highest BCUT2D eigenvalue weighted by Gasteiger charge is 2.23. The van der Waals surface area contributed by atoms with Crippen molar-refractivity contribution in [2.45, 2.75) is 38.3 Å². The van der Waals surface area contributed by atoms with E-state index in [-0.39, 0.29) is 0 Å². The molecule has 0 spiro atoms. The van der Waals surface area contributed by atoms with Crippen molar-refractivity contribution < 1.29 is 14.2 Å². The summed E-state index contributed by atoms with van der Waals surface area (Å²) in [5, 5.41) is 3.60. The first-order valence-electron chi connectivity index (χ1n) is 7.23. The van der Waals surface area contributed by atoms with Crippen molar-refractivity contribution in [2.75, 3.05) is 25.1 Å². The van der Waals surface area contributed by atoms with Crippen LogP contribution in [-0.2, 0) is 4.74 Å². The Morgan fingerprint density at radius 1 is 1.20 bits per heavy atom. The molecule has 0 aromatic heterocycles. The van der Waals surface area contributed by atoms with Gasteiger partial charge in [0.05, 0.1) is 11.8 Å². The van der Waals surface area contributed by atoms with E-state index in [1.807, 2.05) is 12.1 Å². The van der Waals surface area contributed by atoms with E-state index in [2.05, 4.69) is 28.2 Å². The number of benzene rings is 1. The molecule has 1 aromatic rings. The van der Waals surface area contributed by atoms with Gasteiger partial charge < -0.3 is 19.5 Å². The highest BCUT2D eigenvalue weighted by atomic mass is 79.9. The molecule has 1 aromatic carbocycles. The molecule has 0 saturated carbocycles. The lowest BCUT2D eigenvalue weighted by Crippen LogP contribution is -2.33. The largest absolute Gasteiger partial charge is 0.486 e. The fourth-order valence-corrected chi connectivity index (χ4v) is 3.13. The van der Waals surface area contributed by atoms with Gasteiger partial charge in [-0.05, 0) is 35.2 Å². The van der Waals surface area contributed by atoms with Crippen molar-refractivity contribution in [3.8, 4) is 11.5 Å². The van der Waals surface area contributed by atoms with Crippen LogP contribution < -0.4 is 14.8 Å². The molecule has 2 aliphatic rings. The minimum atomic E-state index is 0.372. The summed E-state index contributed by atoms with van der Waals surface area (Å²) in [6.45, 7) is 4.24. The molecule has 0 amide bonds. The van der Waals surface area contributed by atoms with E-state index in [0.717, 1.165) is 47.5 Å². The van der Waals surface area contributed by atoms with Crippen LogP contribution in [0, 0.1) is 0 Å². The van der Waals surface area contributed by atoms with E-state index in [4.69, 9.17) is 14.2 Å². The van der Waals surface area contributed by atoms with Crippen LogP contribution in [0.15, 0.2) is 16.6 Å². The second-order valence-electron chi connectivity index (χ2n) is 5.24. The van der Waals surface area contributed by atoms with Crippen LogP contribution in [0.25, 0.3) is 0 Å². The lowest BCUT2D eigenvalue weighted by molar-refractivity contribution is 0.00924. The lowest BCUT2D eigenvalue weighted by Gasteiger charge is -2.31. The van der Waals surface area contributed by atoms with Crippen molar-refractivity contribution in [3.05, 3.63) is 16.6 Å². The zero-order valence-electron chi connectivity index (χ0n) is 11.7. The second kappa shape index (κ2) is 6.22. The molecule has 1 N–H and O–H groups in total. The molecule has 0 radical (unpaired) electrons. The van der Waals surface area contributed by atoms with E-state index >= 15 is 0 Å². The Balaban J connectivity index is 1.73. The van der Waals surface area contributed by atoms with Crippen molar-refractivity contribution in [1.82, 2.24) is 0 Å². The van der Waals surface area contributed by atoms with Crippen LogP contribution in [0.5, 0.6) is 11.5 Å². The van der Waals surface area contributed by atoms with Crippen LogP contribution in [-0.4, -0.2) is 32.0 Å². The van der Waals surface area contributed by atoms with Crippen molar-refractivity contribution in [3.63, 3.8) is 0 Å². The molecular formula is C15H20BrNO3. The molecule has 0 bridgehead atoms. The highest BCUT2D eigenvalue weighted by molar-refractivity contribution is 9.10. The normalized spacial score (nSPS) is 25.3. The molecule has 2 aliphatic heterocycles. The molecule has 2 unspecified atom stereocenters. The van der Waals surface area contributed by atoms with E-state index in [9.17, 15) is 0 Å². The van der Waals surface area contributed by atoms with E-state index < -0.39 is 0 Å². The third-order valence-electron chi connectivity index (χ3n) is 3.81. The summed E-state index contributed by atoms with van der Waals surface area (Å²) in [6, 6.07) is 4.45. The van der Waals surface area contributed by atoms with Gasteiger partial charge in [-0.25, -0.2) is 0 Å².